The number of aromatic hydroxyl groups is 1. The molecule has 0 aliphatic carbocycles. The molecule has 0 fully saturated rings. The summed E-state index contributed by atoms with van der Waals surface area (Å²) in [6.45, 7) is 1.54. The number of rotatable bonds is 3. The lowest BCUT2D eigenvalue weighted by Gasteiger charge is -2.29. The predicted octanol–water partition coefficient (Wildman–Crippen LogP) is 5.35. The van der Waals surface area contributed by atoms with Gasteiger partial charge in [0.1, 0.15) is 10.6 Å². The van der Waals surface area contributed by atoms with E-state index in [1.54, 1.807) is 0 Å². The van der Waals surface area contributed by atoms with Gasteiger partial charge in [-0.25, -0.2) is 4.79 Å². The Labute approximate surface area is 164 Å². The SMILES string of the molecule is Cc1cc(C2=NO[C@@](c3cc(Cl)c(O)c(Cl)c3)(C(F)(F)F)C2)sc1C(=O)O. The zero-order valence-corrected chi connectivity index (χ0v) is 15.7. The number of thiophene rings is 1. The van der Waals surface area contributed by atoms with Crippen molar-refractivity contribution in [2.24, 2.45) is 5.16 Å². The molecule has 1 atom stereocenters. The number of phenolic OH excluding ortho intramolecular Hbond substituents is 1. The van der Waals surface area contributed by atoms with E-state index in [4.69, 9.17) is 33.1 Å². The molecule has 0 radical (unpaired) electrons. The van der Waals surface area contributed by atoms with Crippen molar-refractivity contribution in [2.45, 2.75) is 25.1 Å². The van der Waals surface area contributed by atoms with Crippen molar-refractivity contribution in [2.75, 3.05) is 0 Å². The number of carbonyl (C=O) groups is 1. The lowest BCUT2D eigenvalue weighted by atomic mass is 9.87. The number of nitrogens with zero attached hydrogens (tertiary/aromatic N) is 1. The second-order valence-electron chi connectivity index (χ2n) is 5.85. The van der Waals surface area contributed by atoms with Crippen LogP contribution in [-0.4, -0.2) is 28.1 Å². The fraction of sp³-hybridized carbons (Fsp3) is 0.250. The van der Waals surface area contributed by atoms with Crippen molar-refractivity contribution in [3.8, 4) is 5.75 Å². The molecule has 144 valence electrons. The van der Waals surface area contributed by atoms with Gasteiger partial charge < -0.3 is 15.1 Å². The van der Waals surface area contributed by atoms with Gasteiger partial charge in [0.2, 0.25) is 0 Å². The number of phenols is 1. The summed E-state index contributed by atoms with van der Waals surface area (Å²) in [5.41, 5.74) is -2.92. The molecule has 27 heavy (non-hydrogen) atoms. The maximum atomic E-state index is 13.9. The Bertz CT molecular complexity index is 950. The van der Waals surface area contributed by atoms with Crippen LogP contribution in [0.25, 0.3) is 0 Å². The average Bonchev–Trinajstić information content (AvgIpc) is 3.16. The molecule has 0 spiro atoms. The average molecular weight is 440 g/mol. The third-order valence-corrected chi connectivity index (χ3v) is 5.92. The lowest BCUT2D eigenvalue weighted by Crippen LogP contribution is -2.42. The van der Waals surface area contributed by atoms with E-state index in [0.717, 1.165) is 23.5 Å². The van der Waals surface area contributed by atoms with Crippen LogP contribution in [0, 0.1) is 6.92 Å². The van der Waals surface area contributed by atoms with Gasteiger partial charge in [0.15, 0.2) is 5.75 Å². The van der Waals surface area contributed by atoms with Gasteiger partial charge in [-0.15, -0.1) is 11.3 Å². The molecule has 11 heteroatoms. The minimum atomic E-state index is -4.89. The standard InChI is InChI=1S/C16H10Cl2F3NO4S/c1-6-2-11(27-13(6)14(24)25)10-5-15(26-22-10,16(19,20)21)7-3-8(17)12(23)9(18)4-7/h2-4,23H,5H2,1H3,(H,24,25)/t15-/m0/s1. The molecule has 2 aromatic rings. The van der Waals surface area contributed by atoms with E-state index >= 15 is 0 Å². The van der Waals surface area contributed by atoms with Gasteiger partial charge in [0.05, 0.1) is 21.3 Å². The summed E-state index contributed by atoms with van der Waals surface area (Å²) >= 11 is 12.3. The number of benzene rings is 1. The van der Waals surface area contributed by atoms with Crippen LogP contribution in [0.5, 0.6) is 5.75 Å². The molecule has 3 rings (SSSR count). The molecule has 1 aliphatic heterocycles. The molecule has 5 nitrogen and oxygen atoms in total. The minimum Gasteiger partial charge on any atom is -0.505 e. The van der Waals surface area contributed by atoms with Crippen LogP contribution >= 0.6 is 34.5 Å². The number of halogens is 5. The summed E-state index contributed by atoms with van der Waals surface area (Å²) in [6.07, 6.45) is -5.59. The predicted molar refractivity (Wildman–Crippen MR) is 94.1 cm³/mol. The molecular weight excluding hydrogens is 430 g/mol. The Hall–Kier alpha value is -1.97. The lowest BCUT2D eigenvalue weighted by molar-refractivity contribution is -0.275. The van der Waals surface area contributed by atoms with Crippen LogP contribution in [0.1, 0.15) is 32.1 Å². The largest absolute Gasteiger partial charge is 0.505 e. The van der Waals surface area contributed by atoms with E-state index in [2.05, 4.69) is 5.16 Å². The maximum Gasteiger partial charge on any atom is 0.435 e. The molecule has 0 saturated carbocycles. The van der Waals surface area contributed by atoms with Crippen LogP contribution in [-0.2, 0) is 10.4 Å². The van der Waals surface area contributed by atoms with Crippen LogP contribution in [0.3, 0.4) is 0 Å². The first-order chi connectivity index (χ1) is 12.5. The fourth-order valence-electron chi connectivity index (χ4n) is 2.67. The van der Waals surface area contributed by atoms with Gasteiger partial charge in [0, 0.05) is 5.56 Å². The number of hydrogen-bond acceptors (Lipinski definition) is 5. The molecule has 0 amide bonds. The van der Waals surface area contributed by atoms with E-state index in [1.807, 2.05) is 0 Å². The molecule has 0 bridgehead atoms. The van der Waals surface area contributed by atoms with E-state index in [-0.39, 0.29) is 25.5 Å². The number of carboxylic acid groups (broad SMARTS) is 1. The highest BCUT2D eigenvalue weighted by molar-refractivity contribution is 7.16. The summed E-state index contributed by atoms with van der Waals surface area (Å²) in [5.74, 6) is -1.72. The Kier molecular flexibility index (Phi) is 4.82. The fourth-order valence-corrected chi connectivity index (χ4v) is 4.15. The summed E-state index contributed by atoms with van der Waals surface area (Å²) in [4.78, 5) is 16.3. The second-order valence-corrected chi connectivity index (χ2v) is 7.71. The van der Waals surface area contributed by atoms with Crippen molar-refractivity contribution in [3.63, 3.8) is 0 Å². The molecule has 2 N–H and O–H groups in total. The quantitative estimate of drug-likeness (QED) is 0.675. The Morgan fingerprint density at radius 3 is 2.37 bits per heavy atom. The highest BCUT2D eigenvalue weighted by Crippen LogP contribution is 2.51. The van der Waals surface area contributed by atoms with Crippen LogP contribution in [0.4, 0.5) is 13.2 Å². The van der Waals surface area contributed by atoms with Crippen molar-refractivity contribution < 1.29 is 33.0 Å². The van der Waals surface area contributed by atoms with Crippen LogP contribution < -0.4 is 0 Å². The van der Waals surface area contributed by atoms with Gasteiger partial charge in [0.25, 0.3) is 5.60 Å². The van der Waals surface area contributed by atoms with Crippen molar-refractivity contribution in [1.29, 1.82) is 0 Å². The molecule has 0 unspecified atom stereocenters. The van der Waals surface area contributed by atoms with Gasteiger partial charge in [-0.2, -0.15) is 13.2 Å². The molecule has 0 saturated heterocycles. The van der Waals surface area contributed by atoms with E-state index in [1.165, 1.54) is 13.0 Å². The van der Waals surface area contributed by atoms with Gasteiger partial charge >= 0.3 is 12.1 Å². The van der Waals surface area contributed by atoms with E-state index in [0.29, 0.717) is 5.56 Å². The number of aryl methyl sites for hydroxylation is 1. The van der Waals surface area contributed by atoms with E-state index < -0.39 is 35.5 Å². The Morgan fingerprint density at radius 1 is 1.30 bits per heavy atom. The van der Waals surface area contributed by atoms with E-state index in [9.17, 15) is 23.1 Å². The Morgan fingerprint density at radius 2 is 1.89 bits per heavy atom. The van der Waals surface area contributed by atoms with Crippen molar-refractivity contribution >= 4 is 46.2 Å². The summed E-state index contributed by atoms with van der Waals surface area (Å²) in [5, 5.41) is 21.6. The second kappa shape index (κ2) is 6.57. The number of aromatic carboxylic acids is 1. The number of carboxylic acids is 1. The first-order valence-corrected chi connectivity index (χ1v) is 8.88. The van der Waals surface area contributed by atoms with Gasteiger partial charge in [-0.1, -0.05) is 28.4 Å². The monoisotopic (exact) mass is 439 g/mol. The number of alkyl halides is 3. The topological polar surface area (TPSA) is 79.1 Å². The summed E-state index contributed by atoms with van der Waals surface area (Å²) < 4.78 is 41.8. The first-order valence-electron chi connectivity index (χ1n) is 7.30. The highest BCUT2D eigenvalue weighted by atomic mass is 35.5. The van der Waals surface area contributed by atoms with Crippen LogP contribution in [0.15, 0.2) is 23.4 Å². The first kappa shape index (κ1) is 19.8. The molecular formula is C16H10Cl2F3NO4S. The zero-order chi connectivity index (χ0) is 20.1. The third-order valence-electron chi connectivity index (χ3n) is 4.07. The van der Waals surface area contributed by atoms with Gasteiger partial charge in [-0.05, 0) is 30.7 Å². The maximum absolute atomic E-state index is 13.9. The molecule has 1 aliphatic rings. The molecule has 1 aromatic carbocycles. The summed E-state index contributed by atoms with van der Waals surface area (Å²) in [7, 11) is 0. The smallest absolute Gasteiger partial charge is 0.435 e. The number of hydrogen-bond donors (Lipinski definition) is 2. The third kappa shape index (κ3) is 3.24. The van der Waals surface area contributed by atoms with Gasteiger partial charge in [-0.3, -0.25) is 0 Å². The molecule has 1 aromatic heterocycles. The van der Waals surface area contributed by atoms with Crippen molar-refractivity contribution in [3.05, 3.63) is 49.1 Å². The van der Waals surface area contributed by atoms with Crippen molar-refractivity contribution in [1.82, 2.24) is 0 Å². The Balaban J connectivity index is 2.06. The molecule has 2 heterocycles. The zero-order valence-electron chi connectivity index (χ0n) is 13.4. The minimum absolute atomic E-state index is 0.00734. The number of oxime groups is 1. The normalized spacial score (nSPS) is 19.7. The summed E-state index contributed by atoms with van der Waals surface area (Å²) in [6, 6.07) is 3.27. The highest BCUT2D eigenvalue weighted by Gasteiger charge is 2.62. The van der Waals surface area contributed by atoms with Crippen LogP contribution in [0.2, 0.25) is 10.0 Å².